The van der Waals surface area contributed by atoms with Crippen LogP contribution in [0.2, 0.25) is 0 Å². The number of hydrogen-bond acceptors (Lipinski definition) is 7. The van der Waals surface area contributed by atoms with Crippen LogP contribution in [0.5, 0.6) is 0 Å². The second kappa shape index (κ2) is 8.19. The number of nitrogens with two attached hydrogens (primary N) is 1. The van der Waals surface area contributed by atoms with Crippen LogP contribution in [0.3, 0.4) is 0 Å². The van der Waals surface area contributed by atoms with Crippen molar-refractivity contribution >= 4 is 17.1 Å². The van der Waals surface area contributed by atoms with E-state index in [-0.39, 0.29) is 24.4 Å². The number of ether oxygens (including phenoxy) is 3. The quantitative estimate of drug-likeness (QED) is 0.704. The average Bonchev–Trinajstić information content (AvgIpc) is 2.85. The van der Waals surface area contributed by atoms with Crippen molar-refractivity contribution in [3.8, 4) is 0 Å². The molecule has 128 valence electrons. The summed E-state index contributed by atoms with van der Waals surface area (Å²) < 4.78 is 19.0. The lowest BCUT2D eigenvalue weighted by molar-refractivity contribution is -0.189. The van der Waals surface area contributed by atoms with Crippen LogP contribution in [-0.4, -0.2) is 44.6 Å². The summed E-state index contributed by atoms with van der Waals surface area (Å²) in [7, 11) is 0. The van der Waals surface area contributed by atoms with E-state index in [0.717, 1.165) is 5.52 Å². The largest absolute Gasteiger partial charge is 0.379 e. The zero-order valence-electron chi connectivity index (χ0n) is 14.1. The number of rotatable bonds is 9. The Morgan fingerprint density at radius 2 is 1.91 bits per heavy atom. The summed E-state index contributed by atoms with van der Waals surface area (Å²) in [5, 5.41) is 0. The summed E-state index contributed by atoms with van der Waals surface area (Å²) in [5.74, 6) is 0.204. The van der Waals surface area contributed by atoms with Crippen molar-refractivity contribution in [2.75, 3.05) is 12.3 Å². The van der Waals surface area contributed by atoms with Gasteiger partial charge in [-0.25, -0.2) is 9.97 Å². The molecule has 0 bridgehead atoms. The number of fused-ring (bicyclic) bond motifs is 1. The molecule has 2 N–H and O–H groups in total. The first-order chi connectivity index (χ1) is 11.0. The third kappa shape index (κ3) is 5.42. The van der Waals surface area contributed by atoms with E-state index >= 15 is 0 Å². The average molecular weight is 323 g/mol. The third-order valence-electron chi connectivity index (χ3n) is 3.03. The van der Waals surface area contributed by atoms with E-state index in [1.165, 1.54) is 0 Å². The van der Waals surface area contributed by atoms with Gasteiger partial charge in [0.15, 0.2) is 11.9 Å². The highest BCUT2D eigenvalue weighted by Crippen LogP contribution is 2.12. The van der Waals surface area contributed by atoms with Gasteiger partial charge in [-0.3, -0.25) is 0 Å². The van der Waals surface area contributed by atoms with Gasteiger partial charge in [0.2, 0.25) is 5.95 Å². The lowest BCUT2D eigenvalue weighted by Gasteiger charge is -2.21. The Balaban J connectivity index is 1.95. The molecular formula is C15H25N5O3. The van der Waals surface area contributed by atoms with Gasteiger partial charge in [-0.15, -0.1) is 0 Å². The van der Waals surface area contributed by atoms with E-state index in [1.807, 2.05) is 32.3 Å². The minimum absolute atomic E-state index is 0.0710. The van der Waals surface area contributed by atoms with Crippen LogP contribution < -0.4 is 5.73 Å². The Morgan fingerprint density at radius 1 is 1.13 bits per heavy atom. The van der Waals surface area contributed by atoms with Crippen molar-refractivity contribution in [2.45, 2.75) is 59.3 Å². The Kier molecular flexibility index (Phi) is 6.26. The molecule has 0 saturated heterocycles. The minimum atomic E-state index is -0.346. The number of aromatic nitrogens is 4. The fourth-order valence-corrected chi connectivity index (χ4v) is 2.02. The molecule has 0 fully saturated rings. The van der Waals surface area contributed by atoms with Crippen molar-refractivity contribution in [3.05, 3.63) is 12.5 Å². The van der Waals surface area contributed by atoms with Crippen molar-refractivity contribution < 1.29 is 14.2 Å². The lowest BCUT2D eigenvalue weighted by atomic mass is 10.4. The summed E-state index contributed by atoms with van der Waals surface area (Å²) in [5.41, 5.74) is 6.86. The molecule has 2 heterocycles. The van der Waals surface area contributed by atoms with E-state index < -0.39 is 0 Å². The zero-order valence-corrected chi connectivity index (χ0v) is 14.1. The first-order valence-electron chi connectivity index (χ1n) is 7.77. The second-order valence-corrected chi connectivity index (χ2v) is 5.77. The van der Waals surface area contributed by atoms with Gasteiger partial charge in [0.25, 0.3) is 0 Å². The summed E-state index contributed by atoms with van der Waals surface area (Å²) in [6.45, 7) is 8.83. The fourth-order valence-electron chi connectivity index (χ4n) is 2.02. The molecule has 8 heteroatoms. The Labute approximate surface area is 136 Å². The highest BCUT2D eigenvalue weighted by Gasteiger charge is 2.14. The summed E-state index contributed by atoms with van der Waals surface area (Å²) in [4.78, 5) is 12.2. The second-order valence-electron chi connectivity index (χ2n) is 5.77. The van der Waals surface area contributed by atoms with Gasteiger partial charge in [-0.2, -0.15) is 4.98 Å². The standard InChI is InChI=1S/C15H25N5O3/c1-10(2)21-6-5-13(23-11(3)4)22-9-20-8-18-14-12(20)7-17-15(16)19-14/h7-8,10-11,13H,5-6,9H2,1-4H3,(H2,16,17,19). The van der Waals surface area contributed by atoms with Gasteiger partial charge in [0.05, 0.1) is 31.3 Å². The smallest absolute Gasteiger partial charge is 0.222 e. The van der Waals surface area contributed by atoms with Crippen LogP contribution in [0.1, 0.15) is 34.1 Å². The van der Waals surface area contributed by atoms with Crippen LogP contribution in [0.4, 0.5) is 5.95 Å². The lowest BCUT2D eigenvalue weighted by Crippen LogP contribution is -2.24. The number of imidazole rings is 1. The van der Waals surface area contributed by atoms with Crippen LogP contribution in [0.25, 0.3) is 11.2 Å². The molecule has 0 aliphatic carbocycles. The van der Waals surface area contributed by atoms with Gasteiger partial charge in [0.1, 0.15) is 12.2 Å². The maximum absolute atomic E-state index is 5.85. The van der Waals surface area contributed by atoms with E-state index in [4.69, 9.17) is 19.9 Å². The van der Waals surface area contributed by atoms with E-state index in [9.17, 15) is 0 Å². The van der Waals surface area contributed by atoms with Crippen molar-refractivity contribution in [3.63, 3.8) is 0 Å². The molecule has 2 aromatic rings. The predicted molar refractivity (Wildman–Crippen MR) is 86.5 cm³/mol. The fraction of sp³-hybridized carbons (Fsp3) is 0.667. The van der Waals surface area contributed by atoms with Gasteiger partial charge in [0, 0.05) is 6.42 Å². The predicted octanol–water partition coefficient (Wildman–Crippen LogP) is 1.95. The van der Waals surface area contributed by atoms with Crippen LogP contribution >= 0.6 is 0 Å². The molecule has 8 nitrogen and oxygen atoms in total. The van der Waals surface area contributed by atoms with Gasteiger partial charge in [-0.1, -0.05) is 0 Å². The molecule has 0 aromatic carbocycles. The van der Waals surface area contributed by atoms with Gasteiger partial charge >= 0.3 is 0 Å². The van der Waals surface area contributed by atoms with Crippen LogP contribution in [0, 0.1) is 0 Å². The SMILES string of the molecule is CC(C)OCCC(OCn1cnc2nc(N)ncc21)OC(C)C. The first-order valence-corrected chi connectivity index (χ1v) is 7.77. The maximum Gasteiger partial charge on any atom is 0.222 e. The monoisotopic (exact) mass is 323 g/mol. The molecule has 1 unspecified atom stereocenters. The molecule has 0 saturated carbocycles. The van der Waals surface area contributed by atoms with Crippen molar-refractivity contribution in [2.24, 2.45) is 0 Å². The summed E-state index contributed by atoms with van der Waals surface area (Å²) in [6.07, 6.45) is 3.86. The number of nitrogens with zero attached hydrogens (tertiary/aromatic N) is 4. The summed E-state index contributed by atoms with van der Waals surface area (Å²) >= 11 is 0. The van der Waals surface area contributed by atoms with E-state index in [2.05, 4.69) is 15.0 Å². The molecule has 0 radical (unpaired) electrons. The third-order valence-corrected chi connectivity index (χ3v) is 3.03. The van der Waals surface area contributed by atoms with Crippen molar-refractivity contribution in [1.29, 1.82) is 0 Å². The van der Waals surface area contributed by atoms with Gasteiger partial charge < -0.3 is 24.5 Å². The number of hydrogen-bond donors (Lipinski definition) is 1. The number of anilines is 1. The molecule has 2 rings (SSSR count). The van der Waals surface area contributed by atoms with E-state index in [1.54, 1.807) is 12.5 Å². The van der Waals surface area contributed by atoms with Crippen molar-refractivity contribution in [1.82, 2.24) is 19.5 Å². The first kappa shape index (κ1) is 17.6. The van der Waals surface area contributed by atoms with E-state index in [0.29, 0.717) is 25.4 Å². The Bertz CT molecular complexity index is 614. The molecule has 2 aromatic heterocycles. The Hall–Kier alpha value is -1.77. The molecule has 23 heavy (non-hydrogen) atoms. The highest BCUT2D eigenvalue weighted by molar-refractivity contribution is 5.70. The molecule has 0 amide bonds. The van der Waals surface area contributed by atoms with Crippen LogP contribution in [-0.2, 0) is 20.9 Å². The van der Waals surface area contributed by atoms with Crippen LogP contribution in [0.15, 0.2) is 12.5 Å². The number of nitrogen functional groups attached to an aromatic ring is 1. The minimum Gasteiger partial charge on any atom is -0.379 e. The molecule has 0 spiro atoms. The zero-order chi connectivity index (χ0) is 16.8. The molecule has 1 atom stereocenters. The molecule has 0 aliphatic heterocycles. The maximum atomic E-state index is 5.85. The molecule has 0 aliphatic rings. The highest BCUT2D eigenvalue weighted by atomic mass is 16.7. The topological polar surface area (TPSA) is 97.3 Å². The summed E-state index contributed by atoms with van der Waals surface area (Å²) in [6, 6.07) is 0. The van der Waals surface area contributed by atoms with Gasteiger partial charge in [-0.05, 0) is 27.7 Å². The normalized spacial score (nSPS) is 13.3. The Morgan fingerprint density at radius 3 is 2.61 bits per heavy atom. The molecular weight excluding hydrogens is 298 g/mol.